The van der Waals surface area contributed by atoms with Crippen LogP contribution in [-0.4, -0.2) is 22.1 Å². The van der Waals surface area contributed by atoms with E-state index in [2.05, 4.69) is 12.0 Å². The third-order valence-electron chi connectivity index (χ3n) is 4.16. The molecule has 94 valence electrons. The van der Waals surface area contributed by atoms with Crippen molar-refractivity contribution in [3.63, 3.8) is 0 Å². The second-order valence-electron chi connectivity index (χ2n) is 5.34. The topological polar surface area (TPSA) is 60.9 Å². The van der Waals surface area contributed by atoms with Crippen LogP contribution in [0.5, 0.6) is 0 Å². The second-order valence-corrected chi connectivity index (χ2v) is 5.34. The first-order chi connectivity index (χ1) is 8.09. The van der Waals surface area contributed by atoms with Crippen LogP contribution in [-0.2, 0) is 7.05 Å². The Kier molecular flexibility index (Phi) is 3.33. The zero-order valence-electron chi connectivity index (χ0n) is 10.6. The van der Waals surface area contributed by atoms with Gasteiger partial charge in [-0.15, -0.1) is 0 Å². The van der Waals surface area contributed by atoms with E-state index < -0.39 is 0 Å². The molecule has 1 aliphatic carbocycles. The summed E-state index contributed by atoms with van der Waals surface area (Å²) in [6.07, 6.45) is 5.69. The maximum atomic E-state index is 12.6. The van der Waals surface area contributed by atoms with Gasteiger partial charge < -0.3 is 5.73 Å². The van der Waals surface area contributed by atoms with Gasteiger partial charge in [-0.05, 0) is 37.7 Å². The minimum absolute atomic E-state index is 0.173. The van der Waals surface area contributed by atoms with E-state index in [1.807, 2.05) is 7.05 Å². The first-order valence-corrected chi connectivity index (χ1v) is 6.32. The molecule has 1 aromatic rings. The van der Waals surface area contributed by atoms with Gasteiger partial charge in [0.1, 0.15) is 5.69 Å². The number of carbonyl (C=O) groups is 1. The van der Waals surface area contributed by atoms with Crippen LogP contribution in [0.4, 0.5) is 0 Å². The standard InChI is InChI=1S/C13H21N3O/c1-10-3-6-13(9-14,7-4-10)12(17)11-5-8-15-16(11)2/h5,8,10H,3-4,6-7,9,14H2,1-2H3. The van der Waals surface area contributed by atoms with Gasteiger partial charge in [0.05, 0.1) is 0 Å². The maximum Gasteiger partial charge on any atom is 0.188 e. The Balaban J connectivity index is 2.24. The van der Waals surface area contributed by atoms with Crippen LogP contribution in [0.1, 0.15) is 43.1 Å². The highest BCUT2D eigenvalue weighted by Gasteiger charge is 2.41. The lowest BCUT2D eigenvalue weighted by molar-refractivity contribution is 0.0684. The van der Waals surface area contributed by atoms with Gasteiger partial charge in [-0.1, -0.05) is 6.92 Å². The molecule has 0 aromatic carbocycles. The fourth-order valence-electron chi connectivity index (χ4n) is 2.71. The molecule has 0 bridgehead atoms. The van der Waals surface area contributed by atoms with Crippen LogP contribution in [0.3, 0.4) is 0 Å². The minimum Gasteiger partial charge on any atom is -0.329 e. The Bertz CT molecular complexity index is 403. The van der Waals surface area contributed by atoms with Crippen molar-refractivity contribution in [1.29, 1.82) is 0 Å². The number of hydrogen-bond donors (Lipinski definition) is 1. The number of rotatable bonds is 3. The molecule has 0 radical (unpaired) electrons. The SMILES string of the molecule is CC1CCC(CN)(C(=O)c2ccnn2C)CC1. The summed E-state index contributed by atoms with van der Waals surface area (Å²) in [7, 11) is 1.81. The summed E-state index contributed by atoms with van der Waals surface area (Å²) in [4.78, 5) is 12.6. The molecule has 1 aromatic heterocycles. The molecule has 4 heteroatoms. The number of aromatic nitrogens is 2. The molecule has 0 saturated heterocycles. The molecule has 17 heavy (non-hydrogen) atoms. The van der Waals surface area contributed by atoms with E-state index in [-0.39, 0.29) is 11.2 Å². The van der Waals surface area contributed by atoms with Crippen molar-refractivity contribution in [3.8, 4) is 0 Å². The van der Waals surface area contributed by atoms with E-state index in [0.29, 0.717) is 18.2 Å². The number of nitrogens with zero attached hydrogens (tertiary/aromatic N) is 2. The summed E-state index contributed by atoms with van der Waals surface area (Å²) in [5.74, 6) is 0.890. The Morgan fingerprint density at radius 2 is 2.24 bits per heavy atom. The van der Waals surface area contributed by atoms with E-state index in [4.69, 9.17) is 5.73 Å². The molecule has 0 unspecified atom stereocenters. The molecule has 1 heterocycles. The molecule has 2 rings (SSSR count). The van der Waals surface area contributed by atoms with Crippen molar-refractivity contribution in [2.75, 3.05) is 6.54 Å². The van der Waals surface area contributed by atoms with Crippen molar-refractivity contribution in [2.45, 2.75) is 32.6 Å². The number of ketones is 1. The number of nitrogens with two attached hydrogens (primary N) is 1. The number of carbonyl (C=O) groups excluding carboxylic acids is 1. The van der Waals surface area contributed by atoms with Crippen LogP contribution in [0.2, 0.25) is 0 Å². The lowest BCUT2D eigenvalue weighted by Crippen LogP contribution is -2.42. The quantitative estimate of drug-likeness (QED) is 0.812. The molecule has 1 saturated carbocycles. The van der Waals surface area contributed by atoms with Gasteiger partial charge in [-0.3, -0.25) is 9.48 Å². The Hall–Kier alpha value is -1.16. The van der Waals surface area contributed by atoms with Crippen molar-refractivity contribution in [1.82, 2.24) is 9.78 Å². The van der Waals surface area contributed by atoms with E-state index in [0.717, 1.165) is 25.7 Å². The average molecular weight is 235 g/mol. The highest BCUT2D eigenvalue weighted by atomic mass is 16.1. The smallest absolute Gasteiger partial charge is 0.188 e. The van der Waals surface area contributed by atoms with Crippen LogP contribution in [0, 0.1) is 11.3 Å². The van der Waals surface area contributed by atoms with Crippen LogP contribution in [0.15, 0.2) is 12.3 Å². The zero-order valence-corrected chi connectivity index (χ0v) is 10.6. The molecule has 1 aliphatic rings. The van der Waals surface area contributed by atoms with E-state index in [1.54, 1.807) is 16.9 Å². The van der Waals surface area contributed by atoms with Gasteiger partial charge in [0, 0.05) is 25.2 Å². The van der Waals surface area contributed by atoms with Crippen LogP contribution >= 0.6 is 0 Å². The van der Waals surface area contributed by atoms with Gasteiger partial charge in [0.25, 0.3) is 0 Å². The highest BCUT2D eigenvalue weighted by Crippen LogP contribution is 2.40. The summed E-state index contributed by atoms with van der Waals surface area (Å²) in [5, 5.41) is 4.07. The first kappa shape index (κ1) is 12.3. The Morgan fingerprint density at radius 3 is 2.71 bits per heavy atom. The number of Topliss-reactive ketones (excluding diaryl/α,β-unsaturated/α-hetero) is 1. The normalized spacial score (nSPS) is 29.2. The van der Waals surface area contributed by atoms with Crippen LogP contribution in [0.25, 0.3) is 0 Å². The summed E-state index contributed by atoms with van der Waals surface area (Å²) in [6.45, 7) is 2.69. The first-order valence-electron chi connectivity index (χ1n) is 6.32. The maximum absolute atomic E-state index is 12.6. The van der Waals surface area contributed by atoms with E-state index in [9.17, 15) is 4.79 Å². The lowest BCUT2D eigenvalue weighted by Gasteiger charge is -2.37. The summed E-state index contributed by atoms with van der Waals surface area (Å²) < 4.78 is 1.65. The Morgan fingerprint density at radius 1 is 1.59 bits per heavy atom. The number of hydrogen-bond acceptors (Lipinski definition) is 3. The van der Waals surface area contributed by atoms with E-state index >= 15 is 0 Å². The molecule has 2 N–H and O–H groups in total. The predicted molar refractivity (Wildman–Crippen MR) is 66.7 cm³/mol. The molecular formula is C13H21N3O. The zero-order chi connectivity index (χ0) is 12.5. The fraction of sp³-hybridized carbons (Fsp3) is 0.692. The largest absolute Gasteiger partial charge is 0.329 e. The Labute approximate surface area is 102 Å². The summed E-state index contributed by atoms with van der Waals surface area (Å²) in [6, 6.07) is 1.79. The third kappa shape index (κ3) is 2.14. The van der Waals surface area contributed by atoms with Crippen molar-refractivity contribution in [2.24, 2.45) is 24.1 Å². The van der Waals surface area contributed by atoms with Gasteiger partial charge >= 0.3 is 0 Å². The minimum atomic E-state index is -0.347. The van der Waals surface area contributed by atoms with Crippen molar-refractivity contribution in [3.05, 3.63) is 18.0 Å². The molecule has 0 aliphatic heterocycles. The molecular weight excluding hydrogens is 214 g/mol. The molecule has 1 fully saturated rings. The predicted octanol–water partition coefficient (Wildman–Crippen LogP) is 1.76. The average Bonchev–Trinajstić information content (AvgIpc) is 2.76. The molecule has 0 atom stereocenters. The summed E-state index contributed by atoms with van der Waals surface area (Å²) >= 11 is 0. The monoisotopic (exact) mass is 235 g/mol. The fourth-order valence-corrected chi connectivity index (χ4v) is 2.71. The van der Waals surface area contributed by atoms with Gasteiger partial charge in [-0.2, -0.15) is 5.10 Å². The van der Waals surface area contributed by atoms with E-state index in [1.165, 1.54) is 0 Å². The molecule has 0 amide bonds. The van der Waals surface area contributed by atoms with Gasteiger partial charge in [0.2, 0.25) is 0 Å². The number of aryl methyl sites for hydroxylation is 1. The third-order valence-corrected chi connectivity index (χ3v) is 4.16. The highest BCUT2D eigenvalue weighted by molar-refractivity contribution is 5.99. The molecule has 4 nitrogen and oxygen atoms in total. The second kappa shape index (κ2) is 4.61. The lowest BCUT2D eigenvalue weighted by atomic mass is 9.67. The van der Waals surface area contributed by atoms with Gasteiger partial charge in [-0.25, -0.2) is 0 Å². The van der Waals surface area contributed by atoms with Crippen LogP contribution < -0.4 is 5.73 Å². The van der Waals surface area contributed by atoms with Gasteiger partial charge in [0.15, 0.2) is 5.78 Å². The van der Waals surface area contributed by atoms with Crippen molar-refractivity contribution < 1.29 is 4.79 Å². The van der Waals surface area contributed by atoms with Crippen molar-refractivity contribution >= 4 is 5.78 Å². The molecule has 0 spiro atoms. The summed E-state index contributed by atoms with van der Waals surface area (Å²) in [5.41, 5.74) is 6.23.